The maximum atomic E-state index is 12.2. The zero-order chi connectivity index (χ0) is 21.9. The van der Waals surface area contributed by atoms with Gasteiger partial charge in [-0.15, -0.1) is 5.11 Å². The highest BCUT2D eigenvalue weighted by Gasteiger charge is 2.16. The first-order chi connectivity index (χ1) is 14.0. The van der Waals surface area contributed by atoms with Gasteiger partial charge in [-0.25, -0.2) is 12.6 Å². The minimum atomic E-state index is -4.69. The summed E-state index contributed by atoms with van der Waals surface area (Å²) in [5, 5.41) is 10.2. The number of fused-ring (bicyclic) bond motifs is 1. The van der Waals surface area contributed by atoms with Crippen molar-refractivity contribution >= 4 is 48.1 Å². The van der Waals surface area contributed by atoms with Gasteiger partial charge >= 0.3 is 10.4 Å². The van der Waals surface area contributed by atoms with Gasteiger partial charge in [0.2, 0.25) is 0 Å². The third kappa shape index (κ3) is 5.39. The van der Waals surface area contributed by atoms with Crippen LogP contribution in [0, 0.1) is 6.92 Å². The predicted octanol–water partition coefficient (Wildman–Crippen LogP) is 3.74. The molecule has 0 aliphatic rings. The van der Waals surface area contributed by atoms with Crippen molar-refractivity contribution in [3.63, 3.8) is 0 Å². The predicted molar refractivity (Wildman–Crippen MR) is 113 cm³/mol. The van der Waals surface area contributed by atoms with Crippen LogP contribution in [0.1, 0.15) is 5.56 Å². The maximum absolute atomic E-state index is 12.2. The smallest absolute Gasteiger partial charge is 0.397 e. The van der Waals surface area contributed by atoms with Gasteiger partial charge in [-0.3, -0.25) is 4.55 Å². The molecule has 0 radical (unpaired) electrons. The third-order valence-electron chi connectivity index (χ3n) is 4.22. The normalized spacial score (nSPS) is 12.6. The second kappa shape index (κ2) is 8.48. The van der Waals surface area contributed by atoms with Gasteiger partial charge in [0.05, 0.1) is 28.6 Å². The van der Waals surface area contributed by atoms with Crippen LogP contribution in [-0.2, 0) is 24.4 Å². The number of anilines is 1. The molecular weight excluding hydrogens is 430 g/mol. The lowest BCUT2D eigenvalue weighted by Gasteiger charge is -2.06. The molecule has 3 aromatic rings. The van der Waals surface area contributed by atoms with Gasteiger partial charge in [-0.05, 0) is 42.6 Å². The van der Waals surface area contributed by atoms with Crippen LogP contribution < -0.4 is 5.73 Å². The van der Waals surface area contributed by atoms with E-state index < -0.39 is 32.6 Å². The van der Waals surface area contributed by atoms with Gasteiger partial charge in [0.25, 0.3) is 0 Å². The first-order valence-corrected chi connectivity index (χ1v) is 11.7. The third-order valence-corrected chi connectivity index (χ3v) is 6.38. The van der Waals surface area contributed by atoms with E-state index in [2.05, 4.69) is 14.4 Å². The van der Waals surface area contributed by atoms with Crippen LogP contribution in [-0.4, -0.2) is 33.7 Å². The molecule has 0 aliphatic heterocycles. The minimum absolute atomic E-state index is 0.0412. The van der Waals surface area contributed by atoms with E-state index >= 15 is 0 Å². The SMILES string of the molecule is Cc1ccc2c(N=Nc3ccc(S(=O)(=O)CCOS(=O)(=O)O)cc3)c(N)ccc2c1. The van der Waals surface area contributed by atoms with Crippen molar-refractivity contribution < 1.29 is 25.6 Å². The summed E-state index contributed by atoms with van der Waals surface area (Å²) in [6.45, 7) is 1.30. The van der Waals surface area contributed by atoms with Crippen molar-refractivity contribution in [3.05, 3.63) is 60.2 Å². The molecular formula is C19H19N3O6S2. The summed E-state index contributed by atoms with van der Waals surface area (Å²) in [7, 11) is -8.49. The molecule has 3 rings (SSSR count). The number of sulfone groups is 1. The lowest BCUT2D eigenvalue weighted by atomic mass is 10.1. The molecule has 3 N–H and O–H groups in total. The largest absolute Gasteiger partial charge is 0.397 e. The van der Waals surface area contributed by atoms with Crippen molar-refractivity contribution in [1.29, 1.82) is 0 Å². The number of benzene rings is 3. The van der Waals surface area contributed by atoms with Crippen molar-refractivity contribution in [3.8, 4) is 0 Å². The van der Waals surface area contributed by atoms with Crippen molar-refractivity contribution in [2.45, 2.75) is 11.8 Å². The number of azo groups is 1. The standard InChI is InChI=1S/C19H19N3O6S2/c1-13-2-8-17-14(12-13)3-9-18(20)19(17)22-21-15-4-6-16(7-5-15)29(23,24)11-10-28-30(25,26)27/h2-9,12H,10-11,20H2,1H3,(H,25,26,27). The molecule has 0 aliphatic carbocycles. The van der Waals surface area contributed by atoms with Crippen LogP contribution in [0.4, 0.5) is 17.1 Å². The quantitative estimate of drug-likeness (QED) is 0.317. The van der Waals surface area contributed by atoms with Crippen LogP contribution >= 0.6 is 0 Å². The molecule has 0 unspecified atom stereocenters. The van der Waals surface area contributed by atoms with E-state index in [1.807, 2.05) is 31.2 Å². The fourth-order valence-corrected chi connectivity index (χ4v) is 4.24. The molecule has 0 atom stereocenters. The molecule has 0 heterocycles. The van der Waals surface area contributed by atoms with E-state index in [1.54, 1.807) is 6.07 Å². The van der Waals surface area contributed by atoms with E-state index in [9.17, 15) is 16.8 Å². The topological polar surface area (TPSA) is 148 Å². The Balaban J connectivity index is 1.80. The molecule has 0 saturated carbocycles. The Hall–Kier alpha value is -2.86. The molecule has 0 amide bonds. The Morgan fingerprint density at radius 1 is 0.967 bits per heavy atom. The fraction of sp³-hybridized carbons (Fsp3) is 0.158. The summed E-state index contributed by atoms with van der Waals surface area (Å²) >= 11 is 0. The zero-order valence-electron chi connectivity index (χ0n) is 15.9. The number of rotatable bonds is 7. The highest BCUT2D eigenvalue weighted by Crippen LogP contribution is 2.34. The zero-order valence-corrected chi connectivity index (χ0v) is 17.5. The minimum Gasteiger partial charge on any atom is -0.397 e. The molecule has 158 valence electrons. The lowest BCUT2D eigenvalue weighted by Crippen LogP contribution is -2.15. The van der Waals surface area contributed by atoms with E-state index in [-0.39, 0.29) is 4.90 Å². The maximum Gasteiger partial charge on any atom is 0.397 e. The van der Waals surface area contributed by atoms with Gasteiger partial charge in [0, 0.05) is 5.39 Å². The van der Waals surface area contributed by atoms with Crippen LogP contribution in [0.25, 0.3) is 10.8 Å². The Morgan fingerprint density at radius 2 is 1.67 bits per heavy atom. The van der Waals surface area contributed by atoms with E-state index in [1.165, 1.54) is 24.3 Å². The molecule has 0 spiro atoms. The monoisotopic (exact) mass is 449 g/mol. The van der Waals surface area contributed by atoms with Crippen LogP contribution in [0.2, 0.25) is 0 Å². The number of hydrogen-bond donors (Lipinski definition) is 2. The first kappa shape index (κ1) is 21.8. The highest BCUT2D eigenvalue weighted by molar-refractivity contribution is 7.91. The molecule has 0 bridgehead atoms. The number of nitrogen functional groups attached to an aromatic ring is 1. The Bertz CT molecular complexity index is 1320. The van der Waals surface area contributed by atoms with Crippen molar-refractivity contribution in [2.75, 3.05) is 18.1 Å². The van der Waals surface area contributed by atoms with Crippen LogP contribution in [0.15, 0.2) is 69.7 Å². The van der Waals surface area contributed by atoms with Gasteiger partial charge in [-0.2, -0.15) is 13.5 Å². The molecule has 11 heteroatoms. The number of nitrogens with two attached hydrogens (primary N) is 1. The molecule has 30 heavy (non-hydrogen) atoms. The van der Waals surface area contributed by atoms with E-state index in [0.29, 0.717) is 17.1 Å². The lowest BCUT2D eigenvalue weighted by molar-refractivity contribution is 0.284. The highest BCUT2D eigenvalue weighted by atomic mass is 32.3. The van der Waals surface area contributed by atoms with Crippen LogP contribution in [0.3, 0.4) is 0 Å². The molecule has 0 fully saturated rings. The second-order valence-electron chi connectivity index (χ2n) is 6.49. The van der Waals surface area contributed by atoms with Crippen molar-refractivity contribution in [1.82, 2.24) is 0 Å². The summed E-state index contributed by atoms with van der Waals surface area (Å²) in [5.74, 6) is -0.611. The average Bonchev–Trinajstić information content (AvgIpc) is 2.66. The first-order valence-electron chi connectivity index (χ1n) is 8.70. The molecule has 0 aromatic heterocycles. The Kier molecular flexibility index (Phi) is 6.17. The van der Waals surface area contributed by atoms with Crippen molar-refractivity contribution in [2.24, 2.45) is 10.2 Å². The second-order valence-corrected chi connectivity index (χ2v) is 9.69. The fourth-order valence-electron chi connectivity index (χ4n) is 2.76. The summed E-state index contributed by atoms with van der Waals surface area (Å²) in [6.07, 6.45) is 0. The van der Waals surface area contributed by atoms with Gasteiger partial charge in [0.1, 0.15) is 5.69 Å². The van der Waals surface area contributed by atoms with Crippen LogP contribution in [0.5, 0.6) is 0 Å². The van der Waals surface area contributed by atoms with E-state index in [0.717, 1.165) is 16.3 Å². The average molecular weight is 450 g/mol. The Morgan fingerprint density at radius 3 is 2.33 bits per heavy atom. The molecule has 0 saturated heterocycles. The van der Waals surface area contributed by atoms with Gasteiger partial charge in [0.15, 0.2) is 9.84 Å². The summed E-state index contributed by atoms with van der Waals surface area (Å²) in [6, 6.07) is 15.1. The summed E-state index contributed by atoms with van der Waals surface area (Å²) in [4.78, 5) is -0.0412. The van der Waals surface area contributed by atoms with Gasteiger partial charge < -0.3 is 5.73 Å². The number of nitrogens with zero attached hydrogens (tertiary/aromatic N) is 2. The summed E-state index contributed by atoms with van der Waals surface area (Å²) in [5.41, 5.74) is 8.54. The van der Waals surface area contributed by atoms with Gasteiger partial charge in [-0.1, -0.05) is 29.8 Å². The van der Waals surface area contributed by atoms with E-state index in [4.69, 9.17) is 10.3 Å². The number of aryl methyl sites for hydroxylation is 1. The molecule has 3 aromatic carbocycles. The number of hydrogen-bond acceptors (Lipinski definition) is 8. The summed E-state index contributed by atoms with van der Waals surface area (Å²) < 4.78 is 58.0. The Labute approximate surface area is 174 Å². The molecule has 9 nitrogen and oxygen atoms in total.